The maximum Gasteiger partial charge on any atom is 0.243 e. The van der Waals surface area contributed by atoms with Crippen LogP contribution in [0.1, 0.15) is 26.7 Å². The Balaban J connectivity index is 2.96. The quantitative estimate of drug-likeness (QED) is 0.806. The summed E-state index contributed by atoms with van der Waals surface area (Å²) >= 11 is 0. The van der Waals surface area contributed by atoms with E-state index in [1.807, 2.05) is 13.8 Å². The second-order valence-electron chi connectivity index (χ2n) is 3.79. The molecule has 0 aliphatic rings. The van der Waals surface area contributed by atoms with Crippen molar-refractivity contribution >= 4 is 11.6 Å². The molecule has 0 radical (unpaired) electrons. The van der Waals surface area contributed by atoms with Crippen molar-refractivity contribution in [1.82, 2.24) is 0 Å². The molecule has 0 aromatic heterocycles. The number of nitrogens with two attached hydrogens (primary N) is 1. The van der Waals surface area contributed by atoms with Crippen LogP contribution in [0.3, 0.4) is 0 Å². The summed E-state index contributed by atoms with van der Waals surface area (Å²) in [4.78, 5) is 11.4. The van der Waals surface area contributed by atoms with Gasteiger partial charge in [-0.3, -0.25) is 4.79 Å². The van der Waals surface area contributed by atoms with E-state index in [1.54, 1.807) is 12.1 Å². The number of hydrogen-bond donors (Lipinski definition) is 2. The monoisotopic (exact) mass is 224 g/mol. The van der Waals surface area contributed by atoms with Crippen LogP contribution in [-0.4, -0.2) is 11.4 Å². The van der Waals surface area contributed by atoms with Gasteiger partial charge in [0.1, 0.15) is 11.4 Å². The Morgan fingerprint density at radius 2 is 2.06 bits per heavy atom. The Kier molecular flexibility index (Phi) is 3.88. The fraction of sp³-hybridized carbons (Fsp3) is 0.417. The Hall–Kier alpha value is -1.58. The number of anilines is 1. The van der Waals surface area contributed by atoms with Gasteiger partial charge < -0.3 is 11.1 Å². The summed E-state index contributed by atoms with van der Waals surface area (Å²) in [5.41, 5.74) is 5.16. The van der Waals surface area contributed by atoms with Gasteiger partial charge in [-0.1, -0.05) is 19.9 Å². The van der Waals surface area contributed by atoms with Gasteiger partial charge in [0.25, 0.3) is 0 Å². The first-order valence-corrected chi connectivity index (χ1v) is 5.37. The van der Waals surface area contributed by atoms with Gasteiger partial charge in [-0.15, -0.1) is 0 Å². The summed E-state index contributed by atoms with van der Waals surface area (Å²) < 4.78 is 13.0. The molecule has 0 heterocycles. The van der Waals surface area contributed by atoms with Gasteiger partial charge in [-0.2, -0.15) is 0 Å². The number of benzene rings is 1. The number of primary amides is 1. The minimum absolute atomic E-state index is 0.337. The summed E-state index contributed by atoms with van der Waals surface area (Å²) in [6.07, 6.45) is 1.13. The van der Waals surface area contributed by atoms with Gasteiger partial charge in [0.05, 0.1) is 0 Å². The highest BCUT2D eigenvalue weighted by atomic mass is 19.1. The molecule has 0 spiro atoms. The molecule has 0 unspecified atom stereocenters. The van der Waals surface area contributed by atoms with E-state index in [9.17, 15) is 9.18 Å². The van der Waals surface area contributed by atoms with Crippen molar-refractivity contribution in [2.75, 3.05) is 5.32 Å². The second-order valence-corrected chi connectivity index (χ2v) is 3.79. The van der Waals surface area contributed by atoms with Crippen LogP contribution >= 0.6 is 0 Å². The molecule has 1 amide bonds. The first-order valence-electron chi connectivity index (χ1n) is 5.37. The number of rotatable bonds is 5. The smallest absolute Gasteiger partial charge is 0.243 e. The number of carbonyl (C=O) groups excluding carboxylic acids is 1. The fourth-order valence-electron chi connectivity index (χ4n) is 1.68. The molecule has 1 aromatic rings. The molecule has 16 heavy (non-hydrogen) atoms. The van der Waals surface area contributed by atoms with Crippen LogP contribution in [0.5, 0.6) is 0 Å². The lowest BCUT2D eigenvalue weighted by Gasteiger charge is -2.30. The zero-order chi connectivity index (χ0) is 12.2. The van der Waals surface area contributed by atoms with Crippen LogP contribution in [0.15, 0.2) is 24.3 Å². The Morgan fingerprint density at radius 3 is 2.50 bits per heavy atom. The van der Waals surface area contributed by atoms with Crippen molar-refractivity contribution in [1.29, 1.82) is 0 Å². The lowest BCUT2D eigenvalue weighted by atomic mass is 9.91. The maximum atomic E-state index is 13.0. The SMILES string of the molecule is CCC(CC)(Nc1cccc(F)c1)C(N)=O. The number of hydrogen-bond acceptors (Lipinski definition) is 2. The minimum atomic E-state index is -0.798. The molecule has 0 saturated carbocycles. The van der Waals surface area contributed by atoms with Gasteiger partial charge in [0.15, 0.2) is 0 Å². The van der Waals surface area contributed by atoms with Gasteiger partial charge in [0, 0.05) is 5.69 Å². The van der Waals surface area contributed by atoms with Crippen LogP contribution in [0.2, 0.25) is 0 Å². The molecule has 88 valence electrons. The van der Waals surface area contributed by atoms with Gasteiger partial charge >= 0.3 is 0 Å². The molecule has 0 saturated heterocycles. The predicted octanol–water partition coefficient (Wildman–Crippen LogP) is 2.28. The van der Waals surface area contributed by atoms with Crippen LogP contribution in [0.25, 0.3) is 0 Å². The van der Waals surface area contributed by atoms with Crippen LogP contribution in [-0.2, 0) is 4.79 Å². The average Bonchev–Trinajstić information content (AvgIpc) is 2.25. The highest BCUT2D eigenvalue weighted by Gasteiger charge is 2.32. The lowest BCUT2D eigenvalue weighted by Crippen LogP contribution is -2.49. The topological polar surface area (TPSA) is 55.1 Å². The fourth-order valence-corrected chi connectivity index (χ4v) is 1.68. The van der Waals surface area contributed by atoms with Gasteiger partial charge in [-0.25, -0.2) is 4.39 Å². The summed E-state index contributed by atoms with van der Waals surface area (Å²) in [5, 5.41) is 3.02. The van der Waals surface area contributed by atoms with E-state index < -0.39 is 11.4 Å². The Bertz CT molecular complexity index is 375. The molecular weight excluding hydrogens is 207 g/mol. The lowest BCUT2D eigenvalue weighted by molar-refractivity contribution is -0.122. The minimum Gasteiger partial charge on any atom is -0.371 e. The Labute approximate surface area is 94.8 Å². The number of halogens is 1. The molecule has 0 fully saturated rings. The molecule has 4 heteroatoms. The van der Waals surface area contributed by atoms with Crippen LogP contribution in [0, 0.1) is 5.82 Å². The molecule has 1 rings (SSSR count). The summed E-state index contributed by atoms with van der Waals surface area (Å²) in [6, 6.07) is 6.01. The average molecular weight is 224 g/mol. The van der Waals surface area contributed by atoms with E-state index in [1.165, 1.54) is 12.1 Å². The van der Waals surface area contributed by atoms with Crippen molar-refractivity contribution in [2.24, 2.45) is 5.73 Å². The zero-order valence-electron chi connectivity index (χ0n) is 9.59. The van der Waals surface area contributed by atoms with E-state index >= 15 is 0 Å². The van der Waals surface area contributed by atoms with Gasteiger partial charge in [0.2, 0.25) is 5.91 Å². The summed E-state index contributed by atoms with van der Waals surface area (Å²) in [7, 11) is 0. The second kappa shape index (κ2) is 4.96. The van der Waals surface area contributed by atoms with E-state index in [4.69, 9.17) is 5.73 Å². The highest BCUT2D eigenvalue weighted by Crippen LogP contribution is 2.22. The zero-order valence-corrected chi connectivity index (χ0v) is 9.59. The molecule has 3 N–H and O–H groups in total. The van der Waals surface area contributed by atoms with E-state index in [2.05, 4.69) is 5.32 Å². The first-order chi connectivity index (χ1) is 7.54. The van der Waals surface area contributed by atoms with Crippen molar-refractivity contribution in [3.63, 3.8) is 0 Å². The molecule has 3 nitrogen and oxygen atoms in total. The van der Waals surface area contributed by atoms with Crippen molar-refractivity contribution in [2.45, 2.75) is 32.2 Å². The van der Waals surface area contributed by atoms with Crippen molar-refractivity contribution in [3.8, 4) is 0 Å². The van der Waals surface area contributed by atoms with E-state index in [0.717, 1.165) is 0 Å². The molecule has 0 atom stereocenters. The highest BCUT2D eigenvalue weighted by molar-refractivity contribution is 5.87. The van der Waals surface area contributed by atoms with E-state index in [0.29, 0.717) is 18.5 Å². The third-order valence-corrected chi connectivity index (χ3v) is 2.89. The Morgan fingerprint density at radius 1 is 1.44 bits per heavy atom. The maximum absolute atomic E-state index is 13.0. The molecule has 0 aliphatic carbocycles. The van der Waals surface area contributed by atoms with Crippen LogP contribution in [0.4, 0.5) is 10.1 Å². The summed E-state index contributed by atoms with van der Waals surface area (Å²) in [5.74, 6) is -0.752. The standard InChI is InChI=1S/C12H17FN2O/c1-3-12(4-2,11(14)16)15-10-7-5-6-9(13)8-10/h5-8,15H,3-4H2,1-2H3,(H2,14,16). The largest absolute Gasteiger partial charge is 0.371 e. The third-order valence-electron chi connectivity index (χ3n) is 2.89. The van der Waals surface area contributed by atoms with Crippen molar-refractivity contribution < 1.29 is 9.18 Å². The van der Waals surface area contributed by atoms with E-state index in [-0.39, 0.29) is 5.82 Å². The molecule has 0 bridgehead atoms. The summed E-state index contributed by atoms with van der Waals surface area (Å²) in [6.45, 7) is 3.75. The molecular formula is C12H17FN2O. The van der Waals surface area contributed by atoms with Crippen molar-refractivity contribution in [3.05, 3.63) is 30.1 Å². The first kappa shape index (κ1) is 12.5. The van der Waals surface area contributed by atoms with Crippen LogP contribution < -0.4 is 11.1 Å². The molecule has 1 aromatic carbocycles. The number of nitrogens with one attached hydrogen (secondary N) is 1. The third kappa shape index (κ3) is 2.51. The predicted molar refractivity (Wildman–Crippen MR) is 62.5 cm³/mol. The number of amides is 1. The number of carbonyl (C=O) groups is 1. The normalized spacial score (nSPS) is 11.2. The molecule has 0 aliphatic heterocycles. The van der Waals surface area contributed by atoms with Gasteiger partial charge in [-0.05, 0) is 31.0 Å².